The van der Waals surface area contributed by atoms with Gasteiger partial charge in [-0.2, -0.15) is 0 Å². The molecular weight excluding hydrogens is 369 g/mol. The Kier molecular flexibility index (Phi) is 4.08. The van der Waals surface area contributed by atoms with Gasteiger partial charge in [-0.15, -0.1) is 5.10 Å². The molecule has 4 rings (SSSR count). The maximum atomic E-state index is 13.6. The number of pyridine rings is 1. The molecule has 9 heteroatoms. The molecule has 3 heterocycles. The van der Waals surface area contributed by atoms with E-state index >= 15 is 0 Å². The molecule has 1 N–H and O–H groups in total. The molecule has 0 bridgehead atoms. The number of halogens is 1. The number of hydrogen-bond donors (Lipinski definition) is 1. The van der Waals surface area contributed by atoms with Crippen LogP contribution in [0.3, 0.4) is 0 Å². The Morgan fingerprint density at radius 2 is 2.00 bits per heavy atom. The van der Waals surface area contributed by atoms with Gasteiger partial charge in [0.2, 0.25) is 9.84 Å². The van der Waals surface area contributed by atoms with Gasteiger partial charge in [0.1, 0.15) is 5.82 Å². The van der Waals surface area contributed by atoms with Gasteiger partial charge in [-0.05, 0) is 36.4 Å². The van der Waals surface area contributed by atoms with Crippen LogP contribution in [0.15, 0.2) is 70.8 Å². The highest BCUT2D eigenvalue weighted by molar-refractivity contribution is 7.91. The largest absolute Gasteiger partial charge is 0.370 e. The van der Waals surface area contributed by atoms with E-state index in [-0.39, 0.29) is 21.3 Å². The number of nitrogens with zero attached hydrogens (tertiary/aromatic N) is 4. The Balaban J connectivity index is 1.98. The fourth-order valence-electron chi connectivity index (χ4n) is 2.75. The smallest absolute Gasteiger partial charge is 0.214 e. The van der Waals surface area contributed by atoms with E-state index in [1.807, 2.05) is 6.07 Å². The van der Waals surface area contributed by atoms with Crippen molar-refractivity contribution < 1.29 is 12.8 Å². The topological polar surface area (TPSA) is 89.2 Å². The summed E-state index contributed by atoms with van der Waals surface area (Å²) in [6.07, 6.45) is 4.89. The van der Waals surface area contributed by atoms with Crippen LogP contribution in [0.2, 0.25) is 0 Å². The highest BCUT2D eigenvalue weighted by atomic mass is 32.2. The number of sulfone groups is 1. The van der Waals surface area contributed by atoms with E-state index in [0.29, 0.717) is 5.69 Å². The first-order valence-corrected chi connectivity index (χ1v) is 9.47. The van der Waals surface area contributed by atoms with Crippen LogP contribution in [0, 0.1) is 5.82 Å². The SMILES string of the molecule is CNc1nn2ccc(-c3cccnc3)nc2c1S(=O)(=O)c1cccc(F)c1. The normalized spacial score (nSPS) is 11.6. The number of benzene rings is 1. The quantitative estimate of drug-likeness (QED) is 0.583. The molecule has 27 heavy (non-hydrogen) atoms. The van der Waals surface area contributed by atoms with Crippen LogP contribution in [-0.2, 0) is 9.84 Å². The number of hydrogen-bond acceptors (Lipinski definition) is 6. The van der Waals surface area contributed by atoms with E-state index in [0.717, 1.165) is 11.6 Å². The summed E-state index contributed by atoms with van der Waals surface area (Å²) in [4.78, 5) is 8.26. The summed E-state index contributed by atoms with van der Waals surface area (Å²) in [5, 5.41) is 7.01. The second kappa shape index (κ2) is 6.44. The summed E-state index contributed by atoms with van der Waals surface area (Å²) in [6.45, 7) is 0. The van der Waals surface area contributed by atoms with Crippen molar-refractivity contribution in [2.45, 2.75) is 9.79 Å². The third-order valence-corrected chi connectivity index (χ3v) is 5.80. The van der Waals surface area contributed by atoms with Crippen LogP contribution in [-0.4, -0.2) is 35.0 Å². The fourth-order valence-corrected chi connectivity index (χ4v) is 4.29. The second-order valence-corrected chi connectivity index (χ2v) is 7.60. The number of fused-ring (bicyclic) bond motifs is 1. The third kappa shape index (κ3) is 2.91. The lowest BCUT2D eigenvalue weighted by atomic mass is 10.2. The molecule has 0 aliphatic carbocycles. The lowest BCUT2D eigenvalue weighted by molar-refractivity contribution is 0.591. The maximum Gasteiger partial charge on any atom is 0.214 e. The van der Waals surface area contributed by atoms with Gasteiger partial charge in [0, 0.05) is 31.2 Å². The molecule has 0 unspecified atom stereocenters. The molecule has 4 aromatic rings. The minimum atomic E-state index is -4.05. The number of aromatic nitrogens is 4. The highest BCUT2D eigenvalue weighted by Crippen LogP contribution is 2.31. The Morgan fingerprint density at radius 1 is 1.15 bits per heavy atom. The Bertz CT molecular complexity index is 1240. The van der Waals surface area contributed by atoms with Gasteiger partial charge in [0.05, 0.1) is 10.6 Å². The molecule has 0 aliphatic heterocycles. The summed E-state index contributed by atoms with van der Waals surface area (Å²) in [5.74, 6) is -0.502. The zero-order valence-corrected chi connectivity index (χ0v) is 15.0. The van der Waals surface area contributed by atoms with Crippen molar-refractivity contribution in [3.05, 3.63) is 66.9 Å². The van der Waals surface area contributed by atoms with Crippen molar-refractivity contribution in [2.75, 3.05) is 12.4 Å². The van der Waals surface area contributed by atoms with Crippen LogP contribution in [0.1, 0.15) is 0 Å². The lowest BCUT2D eigenvalue weighted by Gasteiger charge is -2.06. The third-order valence-electron chi connectivity index (χ3n) is 4.01. The van der Waals surface area contributed by atoms with E-state index < -0.39 is 15.7 Å². The van der Waals surface area contributed by atoms with Gasteiger partial charge in [0.15, 0.2) is 16.4 Å². The van der Waals surface area contributed by atoms with Gasteiger partial charge in [-0.25, -0.2) is 22.3 Å². The van der Waals surface area contributed by atoms with E-state index in [2.05, 4.69) is 20.4 Å². The Hall–Kier alpha value is -3.33. The van der Waals surface area contributed by atoms with Crippen LogP contribution < -0.4 is 5.32 Å². The molecule has 3 aromatic heterocycles. The zero-order chi connectivity index (χ0) is 19.0. The van der Waals surface area contributed by atoms with E-state index in [9.17, 15) is 12.8 Å². The fraction of sp³-hybridized carbons (Fsp3) is 0.0556. The number of anilines is 1. The molecule has 1 aromatic carbocycles. The molecule has 0 aliphatic rings. The summed E-state index contributed by atoms with van der Waals surface area (Å²) >= 11 is 0. The van der Waals surface area contributed by atoms with Crippen LogP contribution in [0.4, 0.5) is 10.2 Å². The molecule has 0 saturated heterocycles. The molecule has 0 saturated carbocycles. The van der Waals surface area contributed by atoms with E-state index in [1.165, 1.54) is 22.7 Å². The van der Waals surface area contributed by atoms with Gasteiger partial charge in [-0.1, -0.05) is 6.07 Å². The van der Waals surface area contributed by atoms with Crippen LogP contribution >= 0.6 is 0 Å². The first-order chi connectivity index (χ1) is 13.0. The minimum absolute atomic E-state index is 0.110. The van der Waals surface area contributed by atoms with E-state index in [1.54, 1.807) is 37.8 Å². The molecule has 0 amide bonds. The van der Waals surface area contributed by atoms with E-state index in [4.69, 9.17) is 0 Å². The van der Waals surface area contributed by atoms with Gasteiger partial charge < -0.3 is 5.32 Å². The average molecular weight is 383 g/mol. The minimum Gasteiger partial charge on any atom is -0.370 e. The van der Waals surface area contributed by atoms with Crippen molar-refractivity contribution in [3.63, 3.8) is 0 Å². The highest BCUT2D eigenvalue weighted by Gasteiger charge is 2.29. The second-order valence-electron chi connectivity index (χ2n) is 5.71. The first kappa shape index (κ1) is 17.1. The molecular formula is C18H14FN5O2S. The number of rotatable bonds is 4. The van der Waals surface area contributed by atoms with Crippen LogP contribution in [0.5, 0.6) is 0 Å². The number of nitrogens with one attached hydrogen (secondary N) is 1. The molecule has 0 atom stereocenters. The predicted molar refractivity (Wildman–Crippen MR) is 97.6 cm³/mol. The van der Waals surface area contributed by atoms with Crippen molar-refractivity contribution in [3.8, 4) is 11.3 Å². The van der Waals surface area contributed by atoms with Crippen LogP contribution in [0.25, 0.3) is 16.9 Å². The predicted octanol–water partition coefficient (Wildman–Crippen LogP) is 2.80. The van der Waals surface area contributed by atoms with Gasteiger partial charge in [-0.3, -0.25) is 4.98 Å². The average Bonchev–Trinajstić information content (AvgIpc) is 3.07. The molecule has 0 fully saturated rings. The standard InChI is InChI=1S/C18H14FN5O2S/c1-20-17-16(27(25,26)14-6-2-5-13(19)10-14)18-22-15(7-9-24(18)23-17)12-4-3-8-21-11-12/h2-11H,1H3,(H,20,23). The summed E-state index contributed by atoms with van der Waals surface area (Å²) < 4.78 is 41.3. The molecule has 0 spiro atoms. The molecule has 7 nitrogen and oxygen atoms in total. The Labute approximate surface area is 154 Å². The van der Waals surface area contributed by atoms with Crippen molar-refractivity contribution in [1.29, 1.82) is 0 Å². The molecule has 136 valence electrons. The van der Waals surface area contributed by atoms with Crippen molar-refractivity contribution in [1.82, 2.24) is 19.6 Å². The molecule has 0 radical (unpaired) electrons. The Morgan fingerprint density at radius 3 is 2.70 bits per heavy atom. The van der Waals surface area contributed by atoms with Crippen molar-refractivity contribution >= 4 is 21.3 Å². The summed E-state index contributed by atoms with van der Waals surface area (Å²) in [7, 11) is -2.49. The lowest BCUT2D eigenvalue weighted by Crippen LogP contribution is -2.06. The maximum absolute atomic E-state index is 13.6. The monoisotopic (exact) mass is 383 g/mol. The first-order valence-electron chi connectivity index (χ1n) is 7.99. The summed E-state index contributed by atoms with van der Waals surface area (Å²) in [6, 6.07) is 10.2. The van der Waals surface area contributed by atoms with Gasteiger partial charge >= 0.3 is 0 Å². The van der Waals surface area contributed by atoms with Gasteiger partial charge in [0.25, 0.3) is 0 Å². The summed E-state index contributed by atoms with van der Waals surface area (Å²) in [5.41, 5.74) is 1.43. The van der Waals surface area contributed by atoms with Crippen molar-refractivity contribution in [2.24, 2.45) is 0 Å². The zero-order valence-electron chi connectivity index (χ0n) is 14.2.